The Labute approximate surface area is 296 Å². The number of hydrogen-bond donors (Lipinski definition) is 0. The summed E-state index contributed by atoms with van der Waals surface area (Å²) in [5.74, 6) is 0.959. The van der Waals surface area contributed by atoms with Crippen LogP contribution < -0.4 is 9.80 Å². The van der Waals surface area contributed by atoms with E-state index in [4.69, 9.17) is 0 Å². The van der Waals surface area contributed by atoms with Crippen molar-refractivity contribution in [3.05, 3.63) is 168 Å². The smallest absolute Gasteiger partial charge is 0.0540 e. The van der Waals surface area contributed by atoms with Crippen molar-refractivity contribution >= 4 is 66.4 Å². The molecule has 0 saturated carbocycles. The molecule has 0 atom stereocenters. The summed E-state index contributed by atoms with van der Waals surface area (Å²) in [4.78, 5) is 4.86. The van der Waals surface area contributed by atoms with Crippen LogP contribution in [0.5, 0.6) is 0 Å². The lowest BCUT2D eigenvalue weighted by Crippen LogP contribution is -2.12. The quantitative estimate of drug-likeness (QED) is 0.151. The van der Waals surface area contributed by atoms with Gasteiger partial charge >= 0.3 is 0 Å². The number of nitrogens with zero attached hydrogens (tertiary/aromatic N) is 2. The Morgan fingerprint density at radius 3 is 1.12 bits per heavy atom. The maximum absolute atomic E-state index is 2.43. The SMILES string of the molecule is Cc1cccc(N(c2ccc(C(C)C)cc2)c2ccc3ccc4c(N(c5ccc(C(C)C)cc5)c5cccc(C)c5)ccc5ccc2c3c54)c1. The van der Waals surface area contributed by atoms with Crippen LogP contribution in [-0.2, 0) is 0 Å². The first kappa shape index (κ1) is 31.7. The van der Waals surface area contributed by atoms with Gasteiger partial charge in [-0.05, 0) is 130 Å². The molecule has 0 aliphatic carbocycles. The van der Waals surface area contributed by atoms with Crippen molar-refractivity contribution in [2.75, 3.05) is 9.80 Å². The molecule has 0 spiro atoms. The van der Waals surface area contributed by atoms with Crippen molar-refractivity contribution in [3.8, 4) is 0 Å². The second-order valence-electron chi connectivity index (χ2n) is 14.4. The van der Waals surface area contributed by atoms with E-state index in [9.17, 15) is 0 Å². The van der Waals surface area contributed by atoms with Gasteiger partial charge in [-0.1, -0.05) is 113 Å². The average Bonchev–Trinajstić information content (AvgIpc) is 3.12. The zero-order valence-electron chi connectivity index (χ0n) is 29.9. The Morgan fingerprint density at radius 2 is 0.760 bits per heavy atom. The molecular formula is C48H44N2. The predicted molar refractivity (Wildman–Crippen MR) is 217 cm³/mol. The van der Waals surface area contributed by atoms with E-state index in [1.54, 1.807) is 0 Å². The van der Waals surface area contributed by atoms with Crippen molar-refractivity contribution in [3.63, 3.8) is 0 Å². The average molecular weight is 649 g/mol. The fourth-order valence-corrected chi connectivity index (χ4v) is 7.57. The van der Waals surface area contributed by atoms with Crippen LogP contribution in [0.4, 0.5) is 34.1 Å². The van der Waals surface area contributed by atoms with Crippen molar-refractivity contribution in [2.24, 2.45) is 0 Å². The van der Waals surface area contributed by atoms with Crippen LogP contribution in [0.2, 0.25) is 0 Å². The number of benzene rings is 8. The summed E-state index contributed by atoms with van der Waals surface area (Å²) in [5.41, 5.74) is 12.2. The van der Waals surface area contributed by atoms with Gasteiger partial charge in [-0.3, -0.25) is 0 Å². The van der Waals surface area contributed by atoms with E-state index >= 15 is 0 Å². The van der Waals surface area contributed by atoms with E-state index in [1.807, 2.05) is 0 Å². The molecule has 0 unspecified atom stereocenters. The topological polar surface area (TPSA) is 6.48 Å². The zero-order chi connectivity index (χ0) is 34.5. The lowest BCUT2D eigenvalue weighted by molar-refractivity contribution is 0.866. The van der Waals surface area contributed by atoms with Crippen molar-refractivity contribution < 1.29 is 0 Å². The molecule has 8 aromatic carbocycles. The molecule has 0 aliphatic rings. The Kier molecular flexibility index (Phi) is 8.04. The molecule has 50 heavy (non-hydrogen) atoms. The molecule has 0 fully saturated rings. The highest BCUT2D eigenvalue weighted by Crippen LogP contribution is 2.47. The van der Waals surface area contributed by atoms with Crippen LogP contribution in [-0.4, -0.2) is 0 Å². The Morgan fingerprint density at radius 1 is 0.380 bits per heavy atom. The van der Waals surface area contributed by atoms with Crippen LogP contribution in [0.25, 0.3) is 32.3 Å². The maximum Gasteiger partial charge on any atom is 0.0540 e. The fourth-order valence-electron chi connectivity index (χ4n) is 7.57. The van der Waals surface area contributed by atoms with Gasteiger partial charge in [-0.25, -0.2) is 0 Å². The third-order valence-electron chi connectivity index (χ3n) is 10.3. The van der Waals surface area contributed by atoms with Gasteiger partial charge in [0.25, 0.3) is 0 Å². The highest BCUT2D eigenvalue weighted by Gasteiger charge is 2.22. The summed E-state index contributed by atoms with van der Waals surface area (Å²) in [6, 6.07) is 54.4. The second kappa shape index (κ2) is 12.7. The third kappa shape index (κ3) is 5.55. The van der Waals surface area contributed by atoms with Crippen LogP contribution >= 0.6 is 0 Å². The third-order valence-corrected chi connectivity index (χ3v) is 10.3. The molecule has 0 heterocycles. The van der Waals surface area contributed by atoms with E-state index in [1.165, 1.54) is 65.9 Å². The zero-order valence-corrected chi connectivity index (χ0v) is 29.9. The van der Waals surface area contributed by atoms with Crippen LogP contribution in [0.1, 0.15) is 61.8 Å². The molecule has 0 radical (unpaired) electrons. The monoisotopic (exact) mass is 648 g/mol. The van der Waals surface area contributed by atoms with E-state index in [-0.39, 0.29) is 0 Å². The summed E-state index contributed by atoms with van der Waals surface area (Å²) in [6.45, 7) is 13.4. The Bertz CT molecular complexity index is 2280. The van der Waals surface area contributed by atoms with E-state index in [0.29, 0.717) is 11.8 Å². The molecule has 246 valence electrons. The van der Waals surface area contributed by atoms with Crippen LogP contribution in [0.15, 0.2) is 146 Å². The van der Waals surface area contributed by atoms with Gasteiger partial charge in [0.1, 0.15) is 0 Å². The lowest BCUT2D eigenvalue weighted by atomic mass is 9.91. The second-order valence-corrected chi connectivity index (χ2v) is 14.4. The van der Waals surface area contributed by atoms with Crippen molar-refractivity contribution in [2.45, 2.75) is 53.4 Å². The Hall–Kier alpha value is -5.60. The Balaban J connectivity index is 1.38. The summed E-state index contributed by atoms with van der Waals surface area (Å²) < 4.78 is 0. The number of anilines is 6. The molecule has 0 amide bonds. The molecule has 0 aliphatic heterocycles. The molecule has 8 rings (SSSR count). The summed E-state index contributed by atoms with van der Waals surface area (Å²) in [7, 11) is 0. The normalized spacial score (nSPS) is 11.8. The van der Waals surface area contributed by atoms with Crippen LogP contribution in [0.3, 0.4) is 0 Å². The first-order valence-corrected chi connectivity index (χ1v) is 17.9. The van der Waals surface area contributed by atoms with Gasteiger partial charge in [-0.2, -0.15) is 0 Å². The van der Waals surface area contributed by atoms with E-state index in [0.717, 1.165) is 22.7 Å². The van der Waals surface area contributed by atoms with E-state index < -0.39 is 0 Å². The first-order valence-electron chi connectivity index (χ1n) is 17.9. The summed E-state index contributed by atoms with van der Waals surface area (Å²) in [5, 5.41) is 7.60. The molecule has 8 aromatic rings. The first-order chi connectivity index (χ1) is 24.3. The minimum Gasteiger partial charge on any atom is -0.310 e. The molecule has 0 aromatic heterocycles. The minimum absolute atomic E-state index is 0.479. The van der Waals surface area contributed by atoms with Gasteiger partial charge in [0.05, 0.1) is 11.4 Å². The number of hydrogen-bond acceptors (Lipinski definition) is 2. The minimum atomic E-state index is 0.479. The van der Waals surface area contributed by atoms with Crippen LogP contribution in [0, 0.1) is 13.8 Å². The molecule has 0 bridgehead atoms. The highest BCUT2D eigenvalue weighted by atomic mass is 15.1. The predicted octanol–water partition coefficient (Wildman–Crippen LogP) is 14.4. The summed E-state index contributed by atoms with van der Waals surface area (Å²) >= 11 is 0. The van der Waals surface area contributed by atoms with Gasteiger partial charge in [-0.15, -0.1) is 0 Å². The number of rotatable bonds is 8. The molecule has 2 heteroatoms. The molecule has 0 saturated heterocycles. The lowest BCUT2D eigenvalue weighted by Gasteiger charge is -2.30. The van der Waals surface area contributed by atoms with Gasteiger partial charge < -0.3 is 9.80 Å². The molecule has 0 N–H and O–H groups in total. The summed E-state index contributed by atoms with van der Waals surface area (Å²) in [6.07, 6.45) is 0. The molecular weight excluding hydrogens is 605 g/mol. The van der Waals surface area contributed by atoms with Crippen molar-refractivity contribution in [1.82, 2.24) is 0 Å². The van der Waals surface area contributed by atoms with E-state index in [2.05, 4.69) is 197 Å². The largest absolute Gasteiger partial charge is 0.310 e. The fraction of sp³-hybridized carbons (Fsp3) is 0.167. The number of aryl methyl sites for hydroxylation is 2. The maximum atomic E-state index is 2.43. The van der Waals surface area contributed by atoms with Gasteiger partial charge in [0.15, 0.2) is 0 Å². The molecule has 2 nitrogen and oxygen atoms in total. The van der Waals surface area contributed by atoms with Gasteiger partial charge in [0.2, 0.25) is 0 Å². The highest BCUT2D eigenvalue weighted by molar-refractivity contribution is 6.28. The van der Waals surface area contributed by atoms with Crippen molar-refractivity contribution in [1.29, 1.82) is 0 Å². The van der Waals surface area contributed by atoms with Gasteiger partial charge in [0, 0.05) is 33.5 Å². The standard InChI is InChI=1S/C48H44N2/c1-31(2)35-13-21-39(22-14-35)49(41-11-7-9-33(5)29-41)45-27-19-37-18-26-44-46(28-20-38-17-25-43(45)47(37)48(38)44)50(42-12-8-10-34(6)30-42)40-23-15-36(16-24-40)32(3)4/h7-32H,1-6H3.